The lowest BCUT2D eigenvalue weighted by Gasteiger charge is -2.09. The Labute approximate surface area is 133 Å². The second kappa shape index (κ2) is 7.59. The van der Waals surface area contributed by atoms with Crippen LogP contribution in [0.3, 0.4) is 0 Å². The first-order valence-electron chi connectivity index (χ1n) is 7.59. The summed E-state index contributed by atoms with van der Waals surface area (Å²) >= 11 is 0. The van der Waals surface area contributed by atoms with Crippen LogP contribution in [-0.4, -0.2) is 0 Å². The first-order chi connectivity index (χ1) is 10.3. The molecule has 0 atom stereocenters. The summed E-state index contributed by atoms with van der Waals surface area (Å²) in [6, 6.07) is 7.69. The monoisotopic (exact) mass is 300 g/mol. The molecular weight excluding hydrogens is 272 g/mol. The minimum Gasteiger partial charge on any atom is -0.399 e. The first kappa shape index (κ1) is 17.7. The number of rotatable bonds is 2. The van der Waals surface area contributed by atoms with E-state index >= 15 is 0 Å². The molecule has 0 saturated heterocycles. The summed E-state index contributed by atoms with van der Waals surface area (Å²) in [5.74, 6) is 0. The first-order valence-corrected chi connectivity index (χ1v) is 7.59. The van der Waals surface area contributed by atoms with Gasteiger partial charge >= 0.3 is 0 Å². The van der Waals surface area contributed by atoms with Gasteiger partial charge in [0, 0.05) is 22.7 Å². The summed E-state index contributed by atoms with van der Waals surface area (Å²) in [5.41, 5.74) is 30.7. The lowest BCUT2D eigenvalue weighted by Crippen LogP contribution is -2.00. The highest BCUT2D eigenvalue weighted by molar-refractivity contribution is 5.61. The summed E-state index contributed by atoms with van der Waals surface area (Å²) in [4.78, 5) is 0. The van der Waals surface area contributed by atoms with E-state index in [1.54, 1.807) is 0 Å². The summed E-state index contributed by atoms with van der Waals surface area (Å²) in [6.45, 7) is 8.07. The van der Waals surface area contributed by atoms with Crippen molar-refractivity contribution in [1.29, 1.82) is 0 Å². The molecule has 0 aliphatic heterocycles. The zero-order valence-electron chi connectivity index (χ0n) is 14.0. The summed E-state index contributed by atoms with van der Waals surface area (Å²) in [6.07, 6.45) is 1.90. The second-order valence-electron chi connectivity index (χ2n) is 5.53. The van der Waals surface area contributed by atoms with Gasteiger partial charge in [-0.15, -0.1) is 0 Å². The maximum Gasteiger partial charge on any atom is 0.0380 e. The van der Waals surface area contributed by atoms with Crippen molar-refractivity contribution < 1.29 is 0 Å². The molecule has 0 radical (unpaired) electrons. The minimum absolute atomic E-state index is 0.812. The number of benzene rings is 2. The SMILES string of the molecule is CCc1cc(N)cc(CC)c1N.Cc1cc(N)c(C)cc1N. The van der Waals surface area contributed by atoms with Gasteiger partial charge in [-0.05, 0) is 73.2 Å². The van der Waals surface area contributed by atoms with Gasteiger partial charge in [0.15, 0.2) is 0 Å². The fourth-order valence-electron chi connectivity index (χ4n) is 2.25. The second-order valence-corrected chi connectivity index (χ2v) is 5.53. The number of hydrogen-bond donors (Lipinski definition) is 4. The van der Waals surface area contributed by atoms with E-state index in [0.717, 1.165) is 57.8 Å². The van der Waals surface area contributed by atoms with Crippen LogP contribution < -0.4 is 22.9 Å². The van der Waals surface area contributed by atoms with Crippen LogP contribution in [0.2, 0.25) is 0 Å². The molecule has 4 nitrogen and oxygen atoms in total. The number of anilines is 4. The van der Waals surface area contributed by atoms with Crippen molar-refractivity contribution in [3.05, 3.63) is 46.5 Å². The molecule has 0 bridgehead atoms. The van der Waals surface area contributed by atoms with Gasteiger partial charge in [0.1, 0.15) is 0 Å². The molecule has 2 aromatic carbocycles. The highest BCUT2D eigenvalue weighted by Gasteiger charge is 2.03. The van der Waals surface area contributed by atoms with Gasteiger partial charge in [0.05, 0.1) is 0 Å². The Kier molecular flexibility index (Phi) is 6.11. The van der Waals surface area contributed by atoms with Crippen molar-refractivity contribution >= 4 is 22.7 Å². The third-order valence-corrected chi connectivity index (χ3v) is 3.79. The molecule has 0 spiro atoms. The molecule has 0 unspecified atom stereocenters. The summed E-state index contributed by atoms with van der Waals surface area (Å²) in [7, 11) is 0. The topological polar surface area (TPSA) is 104 Å². The highest BCUT2D eigenvalue weighted by atomic mass is 14.6. The molecule has 0 aliphatic carbocycles. The Morgan fingerprint density at radius 1 is 0.682 bits per heavy atom. The van der Waals surface area contributed by atoms with Crippen molar-refractivity contribution in [2.24, 2.45) is 0 Å². The van der Waals surface area contributed by atoms with Crippen molar-refractivity contribution in [2.45, 2.75) is 40.5 Å². The zero-order chi connectivity index (χ0) is 16.9. The van der Waals surface area contributed by atoms with Gasteiger partial charge in [0.2, 0.25) is 0 Å². The molecule has 120 valence electrons. The standard InChI is InChI=1S/C10H16N2.C8H12N2/c1-3-7-5-9(11)6-8(4-2)10(7)12;1-5-3-8(10)6(2)4-7(5)9/h5-6H,3-4,11-12H2,1-2H3;3-4H,9-10H2,1-2H3. The molecule has 0 aliphatic rings. The quantitative estimate of drug-likeness (QED) is 0.638. The van der Waals surface area contributed by atoms with Gasteiger partial charge in [-0.3, -0.25) is 0 Å². The molecule has 0 amide bonds. The average molecular weight is 300 g/mol. The average Bonchev–Trinajstić information content (AvgIpc) is 2.48. The van der Waals surface area contributed by atoms with Crippen LogP contribution in [0.25, 0.3) is 0 Å². The smallest absolute Gasteiger partial charge is 0.0380 e. The van der Waals surface area contributed by atoms with E-state index in [1.807, 2.05) is 38.1 Å². The minimum atomic E-state index is 0.812. The summed E-state index contributed by atoms with van der Waals surface area (Å²) < 4.78 is 0. The largest absolute Gasteiger partial charge is 0.399 e. The van der Waals surface area contributed by atoms with E-state index in [2.05, 4.69) is 13.8 Å². The maximum atomic E-state index is 5.92. The van der Waals surface area contributed by atoms with Gasteiger partial charge in [-0.1, -0.05) is 13.8 Å². The van der Waals surface area contributed by atoms with Gasteiger partial charge < -0.3 is 22.9 Å². The van der Waals surface area contributed by atoms with Crippen molar-refractivity contribution in [3.8, 4) is 0 Å². The molecule has 8 N–H and O–H groups in total. The van der Waals surface area contributed by atoms with Gasteiger partial charge in [-0.2, -0.15) is 0 Å². The fraction of sp³-hybridized carbons (Fsp3) is 0.333. The normalized spacial score (nSPS) is 10.0. The fourth-order valence-corrected chi connectivity index (χ4v) is 2.25. The molecular formula is C18H28N4. The number of aryl methyl sites for hydroxylation is 4. The lowest BCUT2D eigenvalue weighted by molar-refractivity contribution is 1.10. The third kappa shape index (κ3) is 4.32. The molecule has 22 heavy (non-hydrogen) atoms. The molecule has 2 rings (SSSR count). The van der Waals surface area contributed by atoms with Gasteiger partial charge in [-0.25, -0.2) is 0 Å². The zero-order valence-corrected chi connectivity index (χ0v) is 14.0. The number of nitrogen functional groups attached to an aromatic ring is 4. The van der Waals surface area contributed by atoms with E-state index in [-0.39, 0.29) is 0 Å². The molecule has 0 heterocycles. The Bertz CT molecular complexity index is 573. The van der Waals surface area contributed by atoms with Crippen molar-refractivity contribution in [1.82, 2.24) is 0 Å². The lowest BCUT2D eigenvalue weighted by atomic mass is 10.0. The van der Waals surface area contributed by atoms with Crippen molar-refractivity contribution in [3.63, 3.8) is 0 Å². The van der Waals surface area contributed by atoms with Crippen molar-refractivity contribution in [2.75, 3.05) is 22.9 Å². The maximum absolute atomic E-state index is 5.92. The Balaban J connectivity index is 0.000000224. The molecule has 0 fully saturated rings. The van der Waals surface area contributed by atoms with E-state index in [4.69, 9.17) is 22.9 Å². The predicted molar refractivity (Wildman–Crippen MR) is 98.8 cm³/mol. The van der Waals surface area contributed by atoms with Gasteiger partial charge in [0.25, 0.3) is 0 Å². The number of nitrogens with two attached hydrogens (primary N) is 4. The summed E-state index contributed by atoms with van der Waals surface area (Å²) in [5, 5.41) is 0. The predicted octanol–water partition coefficient (Wildman–Crippen LogP) is 3.44. The van der Waals surface area contributed by atoms with E-state index in [1.165, 1.54) is 0 Å². The third-order valence-electron chi connectivity index (χ3n) is 3.79. The van der Waals surface area contributed by atoms with Crippen LogP contribution in [0.4, 0.5) is 22.7 Å². The Hall–Kier alpha value is -2.36. The highest BCUT2D eigenvalue weighted by Crippen LogP contribution is 2.22. The molecule has 2 aromatic rings. The van der Waals surface area contributed by atoms with Crippen LogP contribution in [0.5, 0.6) is 0 Å². The number of hydrogen-bond acceptors (Lipinski definition) is 4. The Morgan fingerprint density at radius 2 is 1.05 bits per heavy atom. The van der Waals surface area contributed by atoms with E-state index in [0.29, 0.717) is 0 Å². The van der Waals surface area contributed by atoms with Crippen LogP contribution in [-0.2, 0) is 12.8 Å². The van der Waals surface area contributed by atoms with Crippen LogP contribution in [0, 0.1) is 13.8 Å². The van der Waals surface area contributed by atoms with E-state index in [9.17, 15) is 0 Å². The molecule has 0 aromatic heterocycles. The van der Waals surface area contributed by atoms with E-state index < -0.39 is 0 Å². The van der Waals surface area contributed by atoms with Crippen LogP contribution in [0.15, 0.2) is 24.3 Å². The van der Waals surface area contributed by atoms with Crippen LogP contribution in [0.1, 0.15) is 36.1 Å². The molecule has 0 saturated carbocycles. The Morgan fingerprint density at radius 3 is 1.36 bits per heavy atom. The molecule has 4 heteroatoms. The van der Waals surface area contributed by atoms with Crippen LogP contribution >= 0.6 is 0 Å².